The lowest BCUT2D eigenvalue weighted by Crippen LogP contribution is -2.42. The van der Waals surface area contributed by atoms with Gasteiger partial charge in [-0.25, -0.2) is 4.79 Å². The first-order chi connectivity index (χ1) is 7.85. The summed E-state index contributed by atoms with van der Waals surface area (Å²) in [5.41, 5.74) is -0.520. The molecule has 0 radical (unpaired) electrons. The van der Waals surface area contributed by atoms with E-state index in [1.807, 2.05) is 20.8 Å². The molecule has 17 heavy (non-hydrogen) atoms. The molecule has 0 saturated carbocycles. The number of likely N-dealkylation sites (tertiary alicyclic amines) is 1. The Labute approximate surface area is 103 Å². The molecule has 4 nitrogen and oxygen atoms in total. The highest BCUT2D eigenvalue weighted by Crippen LogP contribution is 2.21. The number of nitrogens with zero attached hydrogens (tertiary/aromatic N) is 1. The van der Waals surface area contributed by atoms with E-state index < -0.39 is 11.7 Å². The van der Waals surface area contributed by atoms with Crippen molar-refractivity contribution in [2.24, 2.45) is 0 Å². The normalized spacial score (nSPS) is 20.9. The van der Waals surface area contributed by atoms with E-state index in [1.165, 1.54) is 11.0 Å². The third kappa shape index (κ3) is 3.88. The Morgan fingerprint density at radius 1 is 1.35 bits per heavy atom. The predicted octanol–water partition coefficient (Wildman–Crippen LogP) is 2.53. The smallest absolute Gasteiger partial charge is 0.410 e. The maximum atomic E-state index is 11.9. The van der Waals surface area contributed by atoms with Crippen LogP contribution in [0.3, 0.4) is 0 Å². The van der Waals surface area contributed by atoms with Crippen LogP contribution in [0, 0.1) is 0 Å². The average molecular weight is 239 g/mol. The van der Waals surface area contributed by atoms with Crippen molar-refractivity contribution in [1.82, 2.24) is 4.90 Å². The molecule has 1 aliphatic rings. The van der Waals surface area contributed by atoms with E-state index in [1.54, 1.807) is 13.0 Å². The Morgan fingerprint density at radius 2 is 2.00 bits per heavy atom. The van der Waals surface area contributed by atoms with Gasteiger partial charge in [0.2, 0.25) is 0 Å². The Balaban J connectivity index is 2.69. The largest absolute Gasteiger partial charge is 0.444 e. The molecule has 0 aliphatic carbocycles. The van der Waals surface area contributed by atoms with Crippen LogP contribution in [0.25, 0.3) is 0 Å². The standard InChI is InChI=1S/C13H21NO3/c1-5-7-11(15)10-8-6-9-14(10)12(16)17-13(2,3)4/h5,7,10H,6,8-9H2,1-4H3/b7-5+. The molecule has 1 saturated heterocycles. The predicted molar refractivity (Wildman–Crippen MR) is 65.8 cm³/mol. The van der Waals surface area contributed by atoms with Gasteiger partial charge in [0, 0.05) is 6.54 Å². The first-order valence-corrected chi connectivity index (χ1v) is 6.01. The molecule has 4 heteroatoms. The summed E-state index contributed by atoms with van der Waals surface area (Å²) in [5.74, 6) is -0.0177. The lowest BCUT2D eigenvalue weighted by molar-refractivity contribution is -0.118. The van der Waals surface area contributed by atoms with E-state index in [0.29, 0.717) is 6.54 Å². The lowest BCUT2D eigenvalue weighted by Gasteiger charge is -2.27. The second kappa shape index (κ2) is 5.34. The van der Waals surface area contributed by atoms with E-state index >= 15 is 0 Å². The zero-order chi connectivity index (χ0) is 13.1. The summed E-state index contributed by atoms with van der Waals surface area (Å²) in [6.07, 6.45) is 4.41. The van der Waals surface area contributed by atoms with E-state index in [0.717, 1.165) is 12.8 Å². The highest BCUT2D eigenvalue weighted by molar-refractivity contribution is 5.96. The minimum Gasteiger partial charge on any atom is -0.444 e. The van der Waals surface area contributed by atoms with Gasteiger partial charge in [0.25, 0.3) is 0 Å². The summed E-state index contributed by atoms with van der Waals surface area (Å²) in [4.78, 5) is 25.2. The fourth-order valence-corrected chi connectivity index (χ4v) is 1.88. The van der Waals surface area contributed by atoms with Crippen LogP contribution in [0.5, 0.6) is 0 Å². The van der Waals surface area contributed by atoms with Crippen LogP contribution in [0.4, 0.5) is 4.79 Å². The Hall–Kier alpha value is -1.32. The zero-order valence-corrected chi connectivity index (χ0v) is 11.0. The number of rotatable bonds is 2. The summed E-state index contributed by atoms with van der Waals surface area (Å²) < 4.78 is 5.29. The van der Waals surface area contributed by atoms with Crippen LogP contribution >= 0.6 is 0 Å². The van der Waals surface area contributed by atoms with Gasteiger partial charge in [0.05, 0.1) is 6.04 Å². The number of ether oxygens (including phenoxy) is 1. The average Bonchev–Trinajstić information content (AvgIpc) is 2.63. The van der Waals surface area contributed by atoms with Gasteiger partial charge in [0.1, 0.15) is 5.60 Å². The van der Waals surface area contributed by atoms with E-state index in [9.17, 15) is 9.59 Å². The SMILES string of the molecule is C/C=C/C(=O)C1CCCN1C(=O)OC(C)(C)C. The van der Waals surface area contributed by atoms with Crippen molar-refractivity contribution in [3.63, 3.8) is 0 Å². The first-order valence-electron chi connectivity index (χ1n) is 6.01. The Morgan fingerprint density at radius 3 is 2.53 bits per heavy atom. The van der Waals surface area contributed by atoms with Crippen molar-refractivity contribution in [2.75, 3.05) is 6.54 Å². The second-order valence-corrected chi connectivity index (χ2v) is 5.23. The van der Waals surface area contributed by atoms with Crippen LogP contribution in [-0.4, -0.2) is 35.0 Å². The van der Waals surface area contributed by atoms with Gasteiger partial charge in [0.15, 0.2) is 5.78 Å². The van der Waals surface area contributed by atoms with Gasteiger partial charge in [-0.1, -0.05) is 6.08 Å². The van der Waals surface area contributed by atoms with E-state index in [4.69, 9.17) is 4.74 Å². The molecule has 0 bridgehead atoms. The Kier molecular flexibility index (Phi) is 4.32. The topological polar surface area (TPSA) is 46.6 Å². The number of carbonyl (C=O) groups is 2. The van der Waals surface area contributed by atoms with Crippen LogP contribution in [0.1, 0.15) is 40.5 Å². The maximum absolute atomic E-state index is 11.9. The summed E-state index contributed by atoms with van der Waals surface area (Å²) in [5, 5.41) is 0. The number of ketones is 1. The number of amides is 1. The zero-order valence-electron chi connectivity index (χ0n) is 11.0. The number of carbonyl (C=O) groups excluding carboxylic acids is 2. The monoisotopic (exact) mass is 239 g/mol. The molecule has 0 spiro atoms. The van der Waals surface area contributed by atoms with E-state index in [-0.39, 0.29) is 11.8 Å². The molecule has 1 atom stereocenters. The van der Waals surface area contributed by atoms with Crippen molar-refractivity contribution in [3.8, 4) is 0 Å². The highest BCUT2D eigenvalue weighted by Gasteiger charge is 2.35. The fraction of sp³-hybridized carbons (Fsp3) is 0.692. The van der Waals surface area contributed by atoms with Crippen molar-refractivity contribution in [2.45, 2.75) is 52.2 Å². The van der Waals surface area contributed by atoms with Crippen LogP contribution in [0.2, 0.25) is 0 Å². The lowest BCUT2D eigenvalue weighted by atomic mass is 10.1. The molecule has 1 heterocycles. The molecule has 0 aromatic heterocycles. The number of allylic oxidation sites excluding steroid dienone is 1. The van der Waals surface area contributed by atoms with Crippen LogP contribution in [0.15, 0.2) is 12.2 Å². The quantitative estimate of drug-likeness (QED) is 0.696. The summed E-state index contributed by atoms with van der Waals surface area (Å²) in [7, 11) is 0. The second-order valence-electron chi connectivity index (χ2n) is 5.23. The van der Waals surface area contributed by atoms with Gasteiger partial charge in [-0.15, -0.1) is 0 Å². The van der Waals surface area contributed by atoms with Crippen molar-refractivity contribution in [1.29, 1.82) is 0 Å². The highest BCUT2D eigenvalue weighted by atomic mass is 16.6. The minimum atomic E-state index is -0.520. The fourth-order valence-electron chi connectivity index (χ4n) is 1.88. The number of hydrogen-bond acceptors (Lipinski definition) is 3. The molecule has 1 fully saturated rings. The van der Waals surface area contributed by atoms with Crippen LogP contribution in [-0.2, 0) is 9.53 Å². The maximum Gasteiger partial charge on any atom is 0.410 e. The summed E-state index contributed by atoms with van der Waals surface area (Å²) >= 11 is 0. The summed E-state index contributed by atoms with van der Waals surface area (Å²) in [6, 6.07) is -0.346. The van der Waals surface area contributed by atoms with Gasteiger partial charge in [-0.2, -0.15) is 0 Å². The van der Waals surface area contributed by atoms with Gasteiger partial charge >= 0.3 is 6.09 Å². The molecule has 1 amide bonds. The van der Waals surface area contributed by atoms with Gasteiger partial charge in [-0.05, 0) is 46.6 Å². The number of hydrogen-bond donors (Lipinski definition) is 0. The minimum absolute atomic E-state index is 0.0177. The van der Waals surface area contributed by atoms with Crippen LogP contribution < -0.4 is 0 Å². The Bertz CT molecular complexity index is 328. The molecular weight excluding hydrogens is 218 g/mol. The molecule has 0 aromatic rings. The molecule has 1 aliphatic heterocycles. The van der Waals surface area contributed by atoms with Crippen molar-refractivity contribution < 1.29 is 14.3 Å². The van der Waals surface area contributed by atoms with Gasteiger partial charge < -0.3 is 4.74 Å². The third-order valence-electron chi connectivity index (χ3n) is 2.54. The molecule has 0 aromatic carbocycles. The molecule has 0 N–H and O–H groups in total. The van der Waals surface area contributed by atoms with Crippen molar-refractivity contribution >= 4 is 11.9 Å². The first kappa shape index (κ1) is 13.7. The molecule has 96 valence electrons. The molecular formula is C13H21NO3. The third-order valence-corrected chi connectivity index (χ3v) is 2.54. The van der Waals surface area contributed by atoms with E-state index in [2.05, 4.69) is 0 Å². The van der Waals surface area contributed by atoms with Gasteiger partial charge in [-0.3, -0.25) is 9.69 Å². The summed E-state index contributed by atoms with van der Waals surface area (Å²) in [6.45, 7) is 7.87. The molecule has 1 rings (SSSR count). The van der Waals surface area contributed by atoms with Crippen molar-refractivity contribution in [3.05, 3.63) is 12.2 Å². The molecule has 1 unspecified atom stereocenters.